The summed E-state index contributed by atoms with van der Waals surface area (Å²) in [5.41, 5.74) is 1.27. The Morgan fingerprint density at radius 2 is 1.65 bits per heavy atom. The number of methoxy groups -OCH3 is 2. The van der Waals surface area contributed by atoms with E-state index in [9.17, 15) is 13.2 Å². The predicted molar refractivity (Wildman–Crippen MR) is 129 cm³/mol. The van der Waals surface area contributed by atoms with Crippen LogP contribution in [0.1, 0.15) is 18.4 Å². The zero-order chi connectivity index (χ0) is 24.1. The smallest absolute Gasteiger partial charge is 0.243 e. The maximum Gasteiger partial charge on any atom is 0.243 e. The van der Waals surface area contributed by atoms with Crippen molar-refractivity contribution in [2.45, 2.75) is 24.3 Å². The molecule has 0 N–H and O–H groups in total. The quantitative estimate of drug-likeness (QED) is 0.597. The van der Waals surface area contributed by atoms with E-state index in [2.05, 4.69) is 17.0 Å². The van der Waals surface area contributed by atoms with E-state index < -0.39 is 10.0 Å². The molecule has 4 rings (SSSR count). The molecular weight excluding hydrogens is 454 g/mol. The number of amides is 1. The Morgan fingerprint density at radius 3 is 2.32 bits per heavy atom. The summed E-state index contributed by atoms with van der Waals surface area (Å²) >= 11 is 0. The van der Waals surface area contributed by atoms with Gasteiger partial charge in [0, 0.05) is 51.9 Å². The van der Waals surface area contributed by atoms with Gasteiger partial charge in [0.2, 0.25) is 15.9 Å². The molecule has 1 amide bonds. The molecule has 2 saturated heterocycles. The molecule has 0 spiro atoms. The van der Waals surface area contributed by atoms with Crippen LogP contribution in [0, 0.1) is 5.92 Å². The van der Waals surface area contributed by atoms with Crippen molar-refractivity contribution in [3.05, 3.63) is 54.1 Å². The summed E-state index contributed by atoms with van der Waals surface area (Å²) in [6.07, 6.45) is 1.37. The molecule has 8 nitrogen and oxygen atoms in total. The fourth-order valence-electron chi connectivity index (χ4n) is 4.71. The topological polar surface area (TPSA) is 79.4 Å². The van der Waals surface area contributed by atoms with Crippen molar-refractivity contribution >= 4 is 15.9 Å². The second kappa shape index (κ2) is 10.8. The Balaban J connectivity index is 1.37. The minimum absolute atomic E-state index is 0.0616. The molecule has 0 saturated carbocycles. The van der Waals surface area contributed by atoms with Gasteiger partial charge in [-0.15, -0.1) is 0 Å². The average Bonchev–Trinajstić information content (AvgIpc) is 2.89. The maximum absolute atomic E-state index is 13.3. The van der Waals surface area contributed by atoms with Crippen molar-refractivity contribution in [1.82, 2.24) is 14.1 Å². The first-order chi connectivity index (χ1) is 16.4. The van der Waals surface area contributed by atoms with Crippen LogP contribution in [0.5, 0.6) is 11.5 Å². The Kier molecular flexibility index (Phi) is 7.75. The zero-order valence-corrected chi connectivity index (χ0v) is 20.7. The van der Waals surface area contributed by atoms with E-state index in [1.807, 2.05) is 23.1 Å². The molecule has 2 heterocycles. The summed E-state index contributed by atoms with van der Waals surface area (Å²) < 4.78 is 38.6. The SMILES string of the molecule is COc1ccc(S(=O)(=O)N2CCC[C@@H](C(=O)N3CCN(Cc4ccccc4)CC3)C2)cc1OC. The third-order valence-electron chi connectivity index (χ3n) is 6.66. The highest BCUT2D eigenvalue weighted by atomic mass is 32.2. The fourth-order valence-corrected chi connectivity index (χ4v) is 6.25. The second-order valence-corrected chi connectivity index (χ2v) is 10.7. The predicted octanol–water partition coefficient (Wildman–Crippen LogP) is 2.45. The number of sulfonamides is 1. The third kappa shape index (κ3) is 5.37. The molecule has 2 fully saturated rings. The Labute approximate surface area is 202 Å². The summed E-state index contributed by atoms with van der Waals surface area (Å²) in [6, 6.07) is 14.9. The lowest BCUT2D eigenvalue weighted by atomic mass is 9.97. The minimum Gasteiger partial charge on any atom is -0.493 e. The van der Waals surface area contributed by atoms with Crippen LogP contribution in [0.3, 0.4) is 0 Å². The highest BCUT2D eigenvalue weighted by Crippen LogP contribution is 2.32. The average molecular weight is 488 g/mol. The van der Waals surface area contributed by atoms with E-state index in [1.165, 1.54) is 36.2 Å². The number of piperidine rings is 1. The molecule has 34 heavy (non-hydrogen) atoms. The number of carbonyl (C=O) groups is 1. The molecule has 0 aliphatic carbocycles. The van der Waals surface area contributed by atoms with E-state index >= 15 is 0 Å². The molecule has 0 unspecified atom stereocenters. The largest absolute Gasteiger partial charge is 0.493 e. The second-order valence-electron chi connectivity index (χ2n) is 8.81. The van der Waals surface area contributed by atoms with Gasteiger partial charge in [-0.1, -0.05) is 30.3 Å². The molecule has 0 aromatic heterocycles. The number of rotatable bonds is 7. The molecular formula is C25H33N3O5S. The van der Waals surface area contributed by atoms with Crippen LogP contribution >= 0.6 is 0 Å². The monoisotopic (exact) mass is 487 g/mol. The Hall–Kier alpha value is -2.62. The molecule has 184 valence electrons. The highest BCUT2D eigenvalue weighted by Gasteiger charge is 2.36. The van der Waals surface area contributed by atoms with E-state index in [0.717, 1.165) is 19.6 Å². The van der Waals surface area contributed by atoms with E-state index in [4.69, 9.17) is 9.47 Å². The molecule has 2 aliphatic heterocycles. The Bertz CT molecular complexity index is 1080. The van der Waals surface area contributed by atoms with Gasteiger partial charge in [-0.05, 0) is 30.5 Å². The number of piperazine rings is 1. The number of benzene rings is 2. The van der Waals surface area contributed by atoms with Crippen molar-refractivity contribution in [3.63, 3.8) is 0 Å². The maximum atomic E-state index is 13.3. The van der Waals surface area contributed by atoms with Gasteiger partial charge in [0.15, 0.2) is 11.5 Å². The standard InChI is InChI=1S/C25H33N3O5S/c1-32-23-11-10-22(17-24(23)33-2)34(30,31)28-12-6-9-21(19-28)25(29)27-15-13-26(14-16-27)18-20-7-4-3-5-8-20/h3-5,7-8,10-11,17,21H,6,9,12-16,18-19H2,1-2H3/t21-/m1/s1. The van der Waals surface area contributed by atoms with Crippen LogP contribution in [-0.4, -0.2) is 81.9 Å². The Morgan fingerprint density at radius 1 is 0.941 bits per heavy atom. The van der Waals surface area contributed by atoms with Crippen molar-refractivity contribution in [3.8, 4) is 11.5 Å². The van der Waals surface area contributed by atoms with Crippen molar-refractivity contribution in [2.24, 2.45) is 5.92 Å². The lowest BCUT2D eigenvalue weighted by Crippen LogP contribution is -2.52. The first kappa shape index (κ1) is 24.5. The number of ether oxygens (including phenoxy) is 2. The van der Waals surface area contributed by atoms with Gasteiger partial charge in [-0.2, -0.15) is 4.31 Å². The minimum atomic E-state index is -3.74. The lowest BCUT2D eigenvalue weighted by Gasteiger charge is -2.38. The lowest BCUT2D eigenvalue weighted by molar-refractivity contribution is -0.138. The van der Waals surface area contributed by atoms with Crippen LogP contribution in [0.2, 0.25) is 0 Å². The van der Waals surface area contributed by atoms with Crippen LogP contribution in [-0.2, 0) is 21.4 Å². The van der Waals surface area contributed by atoms with Gasteiger partial charge in [0.25, 0.3) is 0 Å². The first-order valence-electron chi connectivity index (χ1n) is 11.7. The van der Waals surface area contributed by atoms with Gasteiger partial charge >= 0.3 is 0 Å². The summed E-state index contributed by atoms with van der Waals surface area (Å²) in [4.78, 5) is 17.7. The number of hydrogen-bond donors (Lipinski definition) is 0. The van der Waals surface area contributed by atoms with Gasteiger partial charge < -0.3 is 14.4 Å². The normalized spacial score (nSPS) is 20.2. The molecule has 1 atom stereocenters. The summed E-state index contributed by atoms with van der Waals surface area (Å²) in [5.74, 6) is 0.581. The van der Waals surface area contributed by atoms with Crippen LogP contribution in [0.15, 0.2) is 53.4 Å². The van der Waals surface area contributed by atoms with Crippen LogP contribution in [0.4, 0.5) is 0 Å². The molecule has 2 aromatic carbocycles. The van der Waals surface area contributed by atoms with Crippen LogP contribution < -0.4 is 9.47 Å². The van der Waals surface area contributed by atoms with Gasteiger partial charge in [-0.3, -0.25) is 9.69 Å². The first-order valence-corrected chi connectivity index (χ1v) is 13.1. The zero-order valence-electron chi connectivity index (χ0n) is 19.9. The fraction of sp³-hybridized carbons (Fsp3) is 0.480. The highest BCUT2D eigenvalue weighted by molar-refractivity contribution is 7.89. The van der Waals surface area contributed by atoms with Crippen molar-refractivity contribution < 1.29 is 22.7 Å². The summed E-state index contributed by atoms with van der Waals surface area (Å²) in [6.45, 7) is 4.48. The van der Waals surface area contributed by atoms with E-state index in [1.54, 1.807) is 6.07 Å². The third-order valence-corrected chi connectivity index (χ3v) is 8.52. The molecule has 0 bridgehead atoms. The van der Waals surface area contributed by atoms with Gasteiger partial charge in [0.05, 0.1) is 25.0 Å². The van der Waals surface area contributed by atoms with Crippen molar-refractivity contribution in [1.29, 1.82) is 0 Å². The molecule has 9 heteroatoms. The van der Waals surface area contributed by atoms with Gasteiger partial charge in [-0.25, -0.2) is 8.42 Å². The summed E-state index contributed by atoms with van der Waals surface area (Å²) in [7, 11) is -0.757. The van der Waals surface area contributed by atoms with E-state index in [0.29, 0.717) is 44.0 Å². The van der Waals surface area contributed by atoms with Crippen LogP contribution in [0.25, 0.3) is 0 Å². The van der Waals surface area contributed by atoms with E-state index in [-0.39, 0.29) is 23.3 Å². The number of hydrogen-bond acceptors (Lipinski definition) is 6. The molecule has 2 aromatic rings. The molecule has 2 aliphatic rings. The number of nitrogens with zero attached hydrogens (tertiary/aromatic N) is 3. The van der Waals surface area contributed by atoms with Crippen molar-refractivity contribution in [2.75, 3.05) is 53.5 Å². The number of carbonyl (C=O) groups excluding carboxylic acids is 1. The summed E-state index contributed by atoms with van der Waals surface area (Å²) in [5, 5.41) is 0. The molecule has 0 radical (unpaired) electrons. The van der Waals surface area contributed by atoms with Gasteiger partial charge in [0.1, 0.15) is 0 Å².